The number of furan rings is 2. The van der Waals surface area contributed by atoms with Crippen LogP contribution in [0.15, 0.2) is 99.1 Å². The van der Waals surface area contributed by atoms with E-state index in [0.717, 1.165) is 16.3 Å². The van der Waals surface area contributed by atoms with E-state index in [1.807, 2.05) is 66.7 Å². The second-order valence-corrected chi connectivity index (χ2v) is 9.46. The fourth-order valence-electron chi connectivity index (χ4n) is 4.32. The molecule has 6 aromatic rings. The smallest absolute Gasteiger partial charge is 0.337 e. The molecule has 0 fully saturated rings. The summed E-state index contributed by atoms with van der Waals surface area (Å²) < 4.78 is 17.8. The number of fused-ring (bicyclic) bond motifs is 2. The van der Waals surface area contributed by atoms with Crippen LogP contribution in [0.2, 0.25) is 0 Å². The van der Waals surface area contributed by atoms with Crippen LogP contribution >= 0.6 is 11.3 Å². The third kappa shape index (κ3) is 4.41. The molecule has 0 saturated heterocycles. The molecule has 6 rings (SSSR count). The zero-order valence-corrected chi connectivity index (χ0v) is 20.3. The van der Waals surface area contributed by atoms with Crippen LogP contribution < -0.4 is 4.74 Å². The van der Waals surface area contributed by atoms with E-state index < -0.39 is 5.97 Å². The number of rotatable bonds is 8. The third-order valence-electron chi connectivity index (χ3n) is 6.10. The molecule has 0 unspecified atom stereocenters. The van der Waals surface area contributed by atoms with Gasteiger partial charge in [0.1, 0.15) is 18.0 Å². The molecule has 3 aromatic carbocycles. The highest BCUT2D eigenvalue weighted by Gasteiger charge is 2.25. The SMILES string of the molecule is O=C(Cc1csc(-c2cc3cccc(OCc4ccccc4)c3o2)c1C(=O)O)c1cc2ccccc2o1. The highest BCUT2D eigenvalue weighted by molar-refractivity contribution is 7.14. The number of carboxylic acids is 1. The Morgan fingerprint density at radius 1 is 0.865 bits per heavy atom. The molecular weight excluding hydrogens is 488 g/mol. The van der Waals surface area contributed by atoms with E-state index >= 15 is 0 Å². The molecule has 0 radical (unpaired) electrons. The minimum Gasteiger partial charge on any atom is -0.485 e. The number of carbonyl (C=O) groups is 2. The van der Waals surface area contributed by atoms with E-state index in [1.54, 1.807) is 23.6 Å². The molecule has 0 atom stereocenters. The molecule has 0 amide bonds. The van der Waals surface area contributed by atoms with E-state index in [2.05, 4.69) is 0 Å². The van der Waals surface area contributed by atoms with Crippen LogP contribution in [0.5, 0.6) is 5.75 Å². The van der Waals surface area contributed by atoms with Crippen molar-refractivity contribution in [3.05, 3.63) is 113 Å². The van der Waals surface area contributed by atoms with Gasteiger partial charge in [0.05, 0.1) is 10.4 Å². The molecule has 3 aromatic heterocycles. The molecule has 1 N–H and O–H groups in total. The Morgan fingerprint density at radius 3 is 2.46 bits per heavy atom. The van der Waals surface area contributed by atoms with Crippen molar-refractivity contribution in [3.8, 4) is 16.4 Å². The second kappa shape index (κ2) is 9.44. The number of ketones is 1. The molecule has 37 heavy (non-hydrogen) atoms. The summed E-state index contributed by atoms with van der Waals surface area (Å²) in [7, 11) is 0. The van der Waals surface area contributed by atoms with Gasteiger partial charge in [-0.3, -0.25) is 4.79 Å². The Hall–Kier alpha value is -4.62. The van der Waals surface area contributed by atoms with Crippen molar-refractivity contribution < 1.29 is 28.3 Å². The predicted molar refractivity (Wildman–Crippen MR) is 142 cm³/mol. The quantitative estimate of drug-likeness (QED) is 0.213. The average Bonchev–Trinajstić information content (AvgIpc) is 3.64. The summed E-state index contributed by atoms with van der Waals surface area (Å²) in [6.45, 7) is 0.378. The van der Waals surface area contributed by atoms with E-state index in [1.165, 1.54) is 11.3 Å². The molecule has 0 saturated carbocycles. The van der Waals surface area contributed by atoms with Gasteiger partial charge in [0.2, 0.25) is 5.78 Å². The molecule has 0 aliphatic rings. The molecule has 6 nitrogen and oxygen atoms in total. The van der Waals surface area contributed by atoms with Gasteiger partial charge in [-0.2, -0.15) is 0 Å². The van der Waals surface area contributed by atoms with E-state index in [9.17, 15) is 14.7 Å². The minimum atomic E-state index is -1.12. The number of hydrogen-bond acceptors (Lipinski definition) is 6. The van der Waals surface area contributed by atoms with Gasteiger partial charge in [-0.25, -0.2) is 4.79 Å². The van der Waals surface area contributed by atoms with Crippen molar-refractivity contribution in [2.45, 2.75) is 13.0 Å². The lowest BCUT2D eigenvalue weighted by molar-refractivity contribution is 0.0697. The summed E-state index contributed by atoms with van der Waals surface area (Å²) in [6, 6.07) is 26.2. The van der Waals surface area contributed by atoms with E-state index in [-0.39, 0.29) is 23.5 Å². The third-order valence-corrected chi connectivity index (χ3v) is 7.14. The topological polar surface area (TPSA) is 89.9 Å². The first kappa shape index (κ1) is 22.8. The number of para-hydroxylation sites is 2. The minimum absolute atomic E-state index is 0.0558. The standard InChI is InChI=1S/C30H20O6S/c31-22(25-14-19-9-4-5-11-23(19)35-25)13-21-17-37-29(27(21)30(32)33)26-15-20-10-6-12-24(28(20)36-26)34-16-18-7-2-1-3-8-18/h1-12,14-15,17H,13,16H2,(H,32,33). The Morgan fingerprint density at radius 2 is 1.65 bits per heavy atom. The van der Waals surface area contributed by atoms with Gasteiger partial charge in [-0.15, -0.1) is 11.3 Å². The van der Waals surface area contributed by atoms with Crippen LogP contribution in [0.3, 0.4) is 0 Å². The predicted octanol–water partition coefficient (Wildman–Crippen LogP) is 7.61. The van der Waals surface area contributed by atoms with Crippen LogP contribution in [0, 0.1) is 0 Å². The van der Waals surface area contributed by atoms with Crippen LogP contribution in [-0.2, 0) is 13.0 Å². The van der Waals surface area contributed by atoms with Gasteiger partial charge in [-0.05, 0) is 40.8 Å². The summed E-state index contributed by atoms with van der Waals surface area (Å²) in [5.41, 5.74) is 2.65. The maximum absolute atomic E-state index is 13.0. The molecule has 0 spiro atoms. The van der Waals surface area contributed by atoms with Crippen molar-refractivity contribution in [3.63, 3.8) is 0 Å². The van der Waals surface area contributed by atoms with Gasteiger partial charge in [0.25, 0.3) is 0 Å². The number of aromatic carboxylic acids is 1. The van der Waals surface area contributed by atoms with Crippen LogP contribution in [0.4, 0.5) is 0 Å². The monoisotopic (exact) mass is 508 g/mol. The van der Waals surface area contributed by atoms with E-state index in [0.29, 0.717) is 39.7 Å². The number of hydrogen-bond donors (Lipinski definition) is 1. The Balaban J connectivity index is 1.31. The number of thiophene rings is 1. The normalized spacial score (nSPS) is 11.2. The van der Waals surface area contributed by atoms with Gasteiger partial charge >= 0.3 is 5.97 Å². The molecule has 0 bridgehead atoms. The summed E-state index contributed by atoms with van der Waals surface area (Å²) in [5, 5.41) is 13.4. The lowest BCUT2D eigenvalue weighted by atomic mass is 10.0. The first-order valence-electron chi connectivity index (χ1n) is 11.6. The molecule has 0 aliphatic heterocycles. The fraction of sp³-hybridized carbons (Fsp3) is 0.0667. The lowest BCUT2D eigenvalue weighted by Gasteiger charge is -2.06. The van der Waals surface area contributed by atoms with Crippen molar-refractivity contribution >= 4 is 45.0 Å². The average molecular weight is 509 g/mol. The molecule has 0 aliphatic carbocycles. The first-order chi connectivity index (χ1) is 18.1. The molecule has 3 heterocycles. The van der Waals surface area contributed by atoms with E-state index in [4.69, 9.17) is 13.6 Å². The summed E-state index contributed by atoms with van der Waals surface area (Å²) in [6.07, 6.45) is -0.0936. The Kier molecular flexibility index (Phi) is 5.82. The van der Waals surface area contributed by atoms with Gasteiger partial charge < -0.3 is 18.7 Å². The van der Waals surface area contributed by atoms with Gasteiger partial charge in [-0.1, -0.05) is 60.7 Å². The summed E-state index contributed by atoms with van der Waals surface area (Å²) in [5.74, 6) is -0.222. The summed E-state index contributed by atoms with van der Waals surface area (Å²) in [4.78, 5) is 25.7. The highest BCUT2D eigenvalue weighted by atomic mass is 32.1. The maximum Gasteiger partial charge on any atom is 0.337 e. The Labute approximate surface area is 215 Å². The largest absolute Gasteiger partial charge is 0.485 e. The molecule has 182 valence electrons. The van der Waals surface area contributed by atoms with Crippen LogP contribution in [0.25, 0.3) is 32.6 Å². The zero-order valence-electron chi connectivity index (χ0n) is 19.5. The first-order valence-corrected chi connectivity index (χ1v) is 12.5. The van der Waals surface area contributed by atoms with Crippen molar-refractivity contribution in [2.75, 3.05) is 0 Å². The molecular formula is C30H20O6S. The lowest BCUT2D eigenvalue weighted by Crippen LogP contribution is -2.07. The number of carbonyl (C=O) groups excluding carboxylic acids is 1. The summed E-state index contributed by atoms with van der Waals surface area (Å²) >= 11 is 1.23. The maximum atomic E-state index is 13.0. The van der Waals surface area contributed by atoms with Crippen molar-refractivity contribution in [1.82, 2.24) is 0 Å². The number of ether oxygens (including phenoxy) is 1. The second-order valence-electron chi connectivity index (χ2n) is 8.58. The van der Waals surface area contributed by atoms with Crippen LogP contribution in [0.1, 0.15) is 32.0 Å². The Bertz CT molecular complexity index is 1720. The number of benzene rings is 3. The fourth-order valence-corrected chi connectivity index (χ4v) is 5.33. The van der Waals surface area contributed by atoms with Crippen LogP contribution in [-0.4, -0.2) is 16.9 Å². The highest BCUT2D eigenvalue weighted by Crippen LogP contribution is 2.39. The number of Topliss-reactive ketones (excluding diaryl/α,β-unsaturated/α-hetero) is 1. The van der Waals surface area contributed by atoms with Crippen molar-refractivity contribution in [1.29, 1.82) is 0 Å². The van der Waals surface area contributed by atoms with Crippen molar-refractivity contribution in [2.24, 2.45) is 0 Å². The van der Waals surface area contributed by atoms with Gasteiger partial charge in [0, 0.05) is 17.2 Å². The number of carboxylic acid groups (broad SMARTS) is 1. The van der Waals surface area contributed by atoms with Gasteiger partial charge in [0.15, 0.2) is 17.1 Å². The molecule has 7 heteroatoms. The zero-order chi connectivity index (χ0) is 25.4.